The van der Waals surface area contributed by atoms with Crippen LogP contribution in [0.5, 0.6) is 0 Å². The Bertz CT molecular complexity index is 791. The number of urea groups is 1. The Balaban J connectivity index is 1.97. The maximum Gasteiger partial charge on any atom is 0.418 e. The highest BCUT2D eigenvalue weighted by Gasteiger charge is 2.48. The summed E-state index contributed by atoms with van der Waals surface area (Å²) >= 11 is 5.33. The number of hydrogen-bond acceptors (Lipinski definition) is 4. The normalized spacial score (nSPS) is 20.8. The molecule has 0 bridgehead atoms. The van der Waals surface area contributed by atoms with Crippen molar-refractivity contribution in [2.75, 3.05) is 11.4 Å². The predicted octanol–water partition coefficient (Wildman–Crippen LogP) is 2.32. The molecule has 0 spiro atoms. The lowest BCUT2D eigenvalue weighted by molar-refractivity contribution is -0.120. The van der Waals surface area contributed by atoms with Crippen LogP contribution in [0.1, 0.15) is 10.4 Å². The van der Waals surface area contributed by atoms with Gasteiger partial charge in [0, 0.05) is 0 Å². The molecule has 0 radical (unpaired) electrons. The molecule has 1 atom stereocenters. The van der Waals surface area contributed by atoms with E-state index in [2.05, 4.69) is 0 Å². The first-order valence-electron chi connectivity index (χ1n) is 6.79. The Morgan fingerprint density at radius 1 is 1.04 bits per heavy atom. The molecule has 0 saturated carbocycles. The van der Waals surface area contributed by atoms with Gasteiger partial charge in [-0.2, -0.15) is 0 Å². The highest BCUT2D eigenvalue weighted by atomic mass is 32.1. The third-order valence-electron chi connectivity index (χ3n) is 3.69. The fraction of sp³-hybridized carbons (Fsp3) is 0.0625. The summed E-state index contributed by atoms with van der Waals surface area (Å²) in [4.78, 5) is 37.2. The van der Waals surface area contributed by atoms with E-state index in [1.54, 1.807) is 30.3 Å². The molecule has 116 valence electrons. The molecule has 7 heteroatoms. The largest absolute Gasteiger partial charge is 0.478 e. The number of rotatable bonds is 3. The molecule has 3 rings (SSSR count). The average Bonchev–Trinajstić information content (AvgIpc) is 2.81. The molecular weight excluding hydrogens is 316 g/mol. The maximum atomic E-state index is 12.7. The summed E-state index contributed by atoms with van der Waals surface area (Å²) in [7, 11) is 0. The Labute approximate surface area is 137 Å². The summed E-state index contributed by atoms with van der Waals surface area (Å²) in [6.07, 6.45) is 0. The van der Waals surface area contributed by atoms with Crippen LogP contribution in [0.3, 0.4) is 0 Å². The van der Waals surface area contributed by atoms with Crippen molar-refractivity contribution in [2.24, 2.45) is 0 Å². The van der Waals surface area contributed by atoms with Gasteiger partial charge < -0.3 is 17.9 Å². The maximum absolute atomic E-state index is 12.7. The number of amides is 3. The third-order valence-corrected chi connectivity index (χ3v) is 4.26. The number of imide groups is 1. The van der Waals surface area contributed by atoms with Gasteiger partial charge in [0.25, 0.3) is 0 Å². The minimum Gasteiger partial charge on any atom is -0.478 e. The smallest absolute Gasteiger partial charge is 0.418 e. The van der Waals surface area contributed by atoms with Crippen molar-refractivity contribution in [2.45, 2.75) is 0 Å². The van der Waals surface area contributed by atoms with Gasteiger partial charge in [0.2, 0.25) is 0 Å². The summed E-state index contributed by atoms with van der Waals surface area (Å²) < 4.78 is -0.846. The molecule has 1 fully saturated rings. The van der Waals surface area contributed by atoms with Crippen molar-refractivity contribution in [3.8, 4) is 0 Å². The van der Waals surface area contributed by atoms with Crippen molar-refractivity contribution < 1.29 is 19.5 Å². The summed E-state index contributed by atoms with van der Waals surface area (Å²) in [5, 5.41) is 8.91. The molecule has 6 nitrogen and oxygen atoms in total. The van der Waals surface area contributed by atoms with E-state index in [9.17, 15) is 14.4 Å². The number of anilines is 1. The van der Waals surface area contributed by atoms with E-state index in [1.165, 1.54) is 29.2 Å². The zero-order valence-corrected chi connectivity index (χ0v) is 12.7. The van der Waals surface area contributed by atoms with E-state index in [0.717, 1.165) is 0 Å². The number of carbonyl (C=O) groups excluding carboxylic acids is 2. The van der Waals surface area contributed by atoms with Gasteiger partial charge >= 0.3 is 17.9 Å². The second kappa shape index (κ2) is 5.53. The molecular formula is C16H12N2O4S. The van der Waals surface area contributed by atoms with Crippen LogP contribution >= 0.6 is 0 Å². The Hall–Kier alpha value is -2.64. The van der Waals surface area contributed by atoms with E-state index in [-0.39, 0.29) is 12.1 Å². The number of hydrogen-bond donors (Lipinski definition) is 1. The SMILES string of the molecule is O=C(O)c1ccc(N2CC(=O)[N+]([S-])(c3ccccc3)C2=O)cc1. The molecule has 23 heavy (non-hydrogen) atoms. The van der Waals surface area contributed by atoms with Gasteiger partial charge in [-0.15, -0.1) is 0 Å². The fourth-order valence-corrected chi connectivity index (χ4v) is 2.74. The van der Waals surface area contributed by atoms with Crippen molar-refractivity contribution in [3.05, 3.63) is 60.2 Å². The molecule has 1 heterocycles. The number of quaternary nitrogens is 1. The number of aromatic carboxylic acids is 1. The van der Waals surface area contributed by atoms with Crippen LogP contribution in [-0.4, -0.2) is 29.6 Å². The van der Waals surface area contributed by atoms with Gasteiger partial charge in [-0.05, 0) is 36.4 Å². The zero-order valence-electron chi connectivity index (χ0n) is 11.9. The molecule has 2 aromatic rings. The van der Waals surface area contributed by atoms with Crippen LogP contribution < -0.4 is 8.79 Å². The molecule has 3 amide bonds. The van der Waals surface area contributed by atoms with Crippen molar-refractivity contribution in [1.82, 2.24) is 3.89 Å². The minimum absolute atomic E-state index is 0.105. The third kappa shape index (κ3) is 2.39. The van der Waals surface area contributed by atoms with Crippen LogP contribution in [0, 0.1) is 0 Å². The van der Waals surface area contributed by atoms with E-state index >= 15 is 0 Å². The second-order valence-corrected chi connectivity index (χ2v) is 5.61. The lowest BCUT2D eigenvalue weighted by Crippen LogP contribution is -2.50. The van der Waals surface area contributed by atoms with Crippen LogP contribution in [0.15, 0.2) is 54.6 Å². The van der Waals surface area contributed by atoms with Crippen LogP contribution in [-0.2, 0) is 17.6 Å². The molecule has 1 unspecified atom stereocenters. The molecule has 1 N–H and O–H groups in total. The summed E-state index contributed by atoms with van der Waals surface area (Å²) in [5.41, 5.74) is 0.963. The van der Waals surface area contributed by atoms with E-state index < -0.39 is 21.8 Å². The van der Waals surface area contributed by atoms with Gasteiger partial charge in [0.1, 0.15) is 12.2 Å². The highest BCUT2D eigenvalue weighted by molar-refractivity contribution is 7.60. The van der Waals surface area contributed by atoms with Gasteiger partial charge in [-0.1, -0.05) is 18.2 Å². The molecule has 2 aromatic carbocycles. The predicted molar refractivity (Wildman–Crippen MR) is 86.8 cm³/mol. The fourth-order valence-electron chi connectivity index (χ4n) is 2.46. The first kappa shape index (κ1) is 15.3. The standard InChI is InChI=1S/C16H12N2O4S/c19-14-10-17(12-8-6-11(7-9-12)15(20)21)16(22)18(14,23)13-4-2-1-3-5-13/h1-9H,10H2,(H,20,21). The summed E-state index contributed by atoms with van der Waals surface area (Å²) in [5.74, 6) is -1.48. The molecule has 0 aliphatic carbocycles. The molecule has 1 aliphatic rings. The number of nitrogens with zero attached hydrogens (tertiary/aromatic N) is 2. The quantitative estimate of drug-likeness (QED) is 0.532. The first-order valence-corrected chi connectivity index (χ1v) is 7.15. The van der Waals surface area contributed by atoms with Crippen LogP contribution in [0.4, 0.5) is 16.2 Å². The zero-order chi connectivity index (χ0) is 16.6. The lowest BCUT2D eigenvalue weighted by Gasteiger charge is -2.32. The van der Waals surface area contributed by atoms with E-state index in [0.29, 0.717) is 11.4 Å². The minimum atomic E-state index is -1.06. The number of para-hydroxylation sites is 1. The van der Waals surface area contributed by atoms with Crippen molar-refractivity contribution in [3.63, 3.8) is 0 Å². The number of carbonyl (C=O) groups is 3. The topological polar surface area (TPSA) is 74.7 Å². The van der Waals surface area contributed by atoms with E-state index in [1.807, 2.05) is 0 Å². The first-order chi connectivity index (χ1) is 10.9. The summed E-state index contributed by atoms with van der Waals surface area (Å²) in [6, 6.07) is 13.7. The average molecular weight is 328 g/mol. The number of benzene rings is 2. The number of carboxylic acids is 1. The van der Waals surface area contributed by atoms with Gasteiger partial charge in [0.05, 0.1) is 11.3 Å². The Morgan fingerprint density at radius 3 is 2.22 bits per heavy atom. The van der Waals surface area contributed by atoms with Crippen LogP contribution in [0.25, 0.3) is 0 Å². The van der Waals surface area contributed by atoms with Crippen molar-refractivity contribution in [1.29, 1.82) is 0 Å². The number of carboxylic acid groups (broad SMARTS) is 1. The van der Waals surface area contributed by atoms with Crippen molar-refractivity contribution >= 4 is 42.1 Å². The molecule has 1 aliphatic heterocycles. The van der Waals surface area contributed by atoms with Gasteiger partial charge in [-0.3, -0.25) is 3.89 Å². The second-order valence-electron chi connectivity index (χ2n) is 5.06. The van der Waals surface area contributed by atoms with Gasteiger partial charge in [0.15, 0.2) is 0 Å². The van der Waals surface area contributed by atoms with Gasteiger partial charge in [-0.25, -0.2) is 19.3 Å². The monoisotopic (exact) mass is 328 g/mol. The molecule has 1 saturated heterocycles. The summed E-state index contributed by atoms with van der Waals surface area (Å²) in [6.45, 7) is -0.149. The lowest BCUT2D eigenvalue weighted by atomic mass is 10.2. The Kier molecular flexibility index (Phi) is 3.67. The van der Waals surface area contributed by atoms with Crippen LogP contribution in [0.2, 0.25) is 0 Å². The molecule has 0 aromatic heterocycles. The van der Waals surface area contributed by atoms with E-state index in [4.69, 9.17) is 17.9 Å². The Morgan fingerprint density at radius 2 is 1.65 bits per heavy atom. The highest BCUT2D eigenvalue weighted by Crippen LogP contribution is 2.32.